The fourth-order valence-electron chi connectivity index (χ4n) is 1.87. The fourth-order valence-corrected chi connectivity index (χ4v) is 1.87. The van der Waals surface area contributed by atoms with E-state index >= 15 is 0 Å². The zero-order valence-corrected chi connectivity index (χ0v) is 10.6. The van der Waals surface area contributed by atoms with Crippen LogP contribution >= 0.6 is 0 Å². The van der Waals surface area contributed by atoms with E-state index in [1.165, 1.54) is 0 Å². The number of nitrogens with zero attached hydrogens (tertiary/aromatic N) is 1. The fraction of sp³-hybridized carbons (Fsp3) is 0.500. The van der Waals surface area contributed by atoms with Gasteiger partial charge in [0.1, 0.15) is 6.54 Å². The Balaban J connectivity index is 2.44. The van der Waals surface area contributed by atoms with Crippen LogP contribution in [0.15, 0.2) is 30.3 Å². The van der Waals surface area contributed by atoms with E-state index in [4.69, 9.17) is 10.2 Å². The van der Waals surface area contributed by atoms with E-state index in [0.29, 0.717) is 0 Å². The third kappa shape index (κ3) is 5.68. The van der Waals surface area contributed by atoms with Gasteiger partial charge in [-0.3, -0.25) is 4.79 Å². The van der Waals surface area contributed by atoms with Crippen LogP contribution in [0.3, 0.4) is 0 Å². The Morgan fingerprint density at radius 1 is 1.06 bits per heavy atom. The van der Waals surface area contributed by atoms with Crippen LogP contribution < -0.4 is 4.90 Å². The van der Waals surface area contributed by atoms with E-state index in [2.05, 4.69) is 0 Å². The molecule has 0 saturated heterocycles. The van der Waals surface area contributed by atoms with Gasteiger partial charge in [-0.1, -0.05) is 31.0 Å². The van der Waals surface area contributed by atoms with E-state index in [0.717, 1.165) is 37.9 Å². The molecule has 100 valence electrons. The highest BCUT2D eigenvalue weighted by atomic mass is 16.4. The summed E-state index contributed by atoms with van der Waals surface area (Å²) >= 11 is 0. The second kappa shape index (κ2) is 8.53. The molecule has 0 aliphatic rings. The van der Waals surface area contributed by atoms with Gasteiger partial charge in [-0.05, 0) is 25.0 Å². The maximum atomic E-state index is 10.8. The van der Waals surface area contributed by atoms with Crippen LogP contribution in [0.1, 0.15) is 25.7 Å². The summed E-state index contributed by atoms with van der Waals surface area (Å²) in [5.74, 6) is -0.811. The van der Waals surface area contributed by atoms with Crippen molar-refractivity contribution >= 4 is 11.7 Å². The SMILES string of the molecule is O=C(O)CN(CCCCCCO)c1ccccc1. The van der Waals surface area contributed by atoms with Gasteiger partial charge in [0.15, 0.2) is 0 Å². The van der Waals surface area contributed by atoms with Crippen molar-refractivity contribution in [1.29, 1.82) is 0 Å². The van der Waals surface area contributed by atoms with Crippen LogP contribution in [-0.2, 0) is 4.79 Å². The number of hydrogen-bond donors (Lipinski definition) is 2. The summed E-state index contributed by atoms with van der Waals surface area (Å²) in [4.78, 5) is 12.7. The van der Waals surface area contributed by atoms with Crippen molar-refractivity contribution < 1.29 is 15.0 Å². The molecule has 0 aromatic heterocycles. The molecule has 0 radical (unpaired) electrons. The van der Waals surface area contributed by atoms with Crippen LogP contribution in [0, 0.1) is 0 Å². The van der Waals surface area contributed by atoms with E-state index in [1.54, 1.807) is 0 Å². The molecule has 0 amide bonds. The molecule has 0 spiro atoms. The summed E-state index contributed by atoms with van der Waals surface area (Å²) in [6.07, 6.45) is 3.78. The first-order valence-corrected chi connectivity index (χ1v) is 6.36. The number of para-hydroxylation sites is 1. The highest BCUT2D eigenvalue weighted by Gasteiger charge is 2.09. The zero-order chi connectivity index (χ0) is 13.2. The summed E-state index contributed by atoms with van der Waals surface area (Å²) in [6.45, 7) is 1.00. The van der Waals surface area contributed by atoms with E-state index < -0.39 is 5.97 Å². The molecule has 4 nitrogen and oxygen atoms in total. The number of aliphatic hydroxyl groups is 1. The number of anilines is 1. The number of unbranched alkanes of at least 4 members (excludes halogenated alkanes) is 3. The van der Waals surface area contributed by atoms with Crippen LogP contribution in [0.4, 0.5) is 5.69 Å². The second-order valence-corrected chi connectivity index (χ2v) is 4.29. The molecular formula is C14H21NO3. The Kier molecular flexibility index (Phi) is 6.87. The van der Waals surface area contributed by atoms with Crippen molar-refractivity contribution in [2.24, 2.45) is 0 Å². The van der Waals surface area contributed by atoms with Gasteiger partial charge in [-0.25, -0.2) is 0 Å². The largest absolute Gasteiger partial charge is 0.480 e. The first-order chi connectivity index (χ1) is 8.74. The van der Waals surface area contributed by atoms with Gasteiger partial charge in [0, 0.05) is 18.8 Å². The molecular weight excluding hydrogens is 230 g/mol. The normalized spacial score (nSPS) is 10.3. The molecule has 0 heterocycles. The summed E-state index contributed by atoms with van der Waals surface area (Å²) in [6, 6.07) is 9.60. The van der Waals surface area contributed by atoms with Crippen molar-refractivity contribution in [2.75, 3.05) is 24.6 Å². The standard InChI is InChI=1S/C14H21NO3/c16-11-7-2-1-6-10-15(12-14(17)18)13-8-4-3-5-9-13/h3-5,8-9,16H,1-2,6-7,10-12H2,(H,17,18). The minimum Gasteiger partial charge on any atom is -0.480 e. The lowest BCUT2D eigenvalue weighted by molar-refractivity contribution is -0.135. The van der Waals surface area contributed by atoms with Gasteiger partial charge in [-0.15, -0.1) is 0 Å². The third-order valence-corrected chi connectivity index (χ3v) is 2.78. The van der Waals surface area contributed by atoms with Crippen molar-refractivity contribution in [1.82, 2.24) is 0 Å². The minimum absolute atomic E-state index is 0.0318. The van der Waals surface area contributed by atoms with Gasteiger partial charge in [0.05, 0.1) is 0 Å². The molecule has 0 aliphatic carbocycles. The van der Waals surface area contributed by atoms with Gasteiger partial charge >= 0.3 is 5.97 Å². The quantitative estimate of drug-likeness (QED) is 0.660. The number of rotatable bonds is 9. The summed E-state index contributed by atoms with van der Waals surface area (Å²) in [5, 5.41) is 17.6. The van der Waals surface area contributed by atoms with Crippen molar-refractivity contribution in [2.45, 2.75) is 25.7 Å². The third-order valence-electron chi connectivity index (χ3n) is 2.78. The minimum atomic E-state index is -0.811. The first kappa shape index (κ1) is 14.5. The van der Waals surface area contributed by atoms with E-state index in [9.17, 15) is 4.79 Å². The van der Waals surface area contributed by atoms with Crippen LogP contribution in [0.25, 0.3) is 0 Å². The molecule has 1 aromatic carbocycles. The van der Waals surface area contributed by atoms with E-state index in [1.807, 2.05) is 35.2 Å². The van der Waals surface area contributed by atoms with Crippen LogP contribution in [0.2, 0.25) is 0 Å². The lowest BCUT2D eigenvalue weighted by atomic mass is 10.2. The molecule has 1 rings (SSSR count). The molecule has 0 atom stereocenters. The van der Waals surface area contributed by atoms with Gasteiger partial charge in [-0.2, -0.15) is 0 Å². The monoisotopic (exact) mass is 251 g/mol. The number of aliphatic carboxylic acids is 1. The Bertz CT molecular complexity index is 340. The lowest BCUT2D eigenvalue weighted by Crippen LogP contribution is -2.30. The lowest BCUT2D eigenvalue weighted by Gasteiger charge is -2.22. The van der Waals surface area contributed by atoms with Crippen molar-refractivity contribution in [3.8, 4) is 0 Å². The molecule has 0 bridgehead atoms. The highest BCUT2D eigenvalue weighted by molar-refractivity contribution is 5.73. The molecule has 2 N–H and O–H groups in total. The molecule has 0 fully saturated rings. The number of benzene rings is 1. The maximum Gasteiger partial charge on any atom is 0.323 e. The number of hydrogen-bond acceptors (Lipinski definition) is 3. The number of carbonyl (C=O) groups is 1. The van der Waals surface area contributed by atoms with Gasteiger partial charge in [0.2, 0.25) is 0 Å². The molecule has 4 heteroatoms. The van der Waals surface area contributed by atoms with Crippen molar-refractivity contribution in [3.05, 3.63) is 30.3 Å². The predicted octanol–water partition coefficient (Wildman–Crippen LogP) is 2.13. The van der Waals surface area contributed by atoms with Gasteiger partial charge in [0.25, 0.3) is 0 Å². The average Bonchev–Trinajstić information content (AvgIpc) is 2.38. The first-order valence-electron chi connectivity index (χ1n) is 6.36. The molecule has 18 heavy (non-hydrogen) atoms. The van der Waals surface area contributed by atoms with Gasteiger partial charge < -0.3 is 15.1 Å². The predicted molar refractivity (Wildman–Crippen MR) is 71.8 cm³/mol. The van der Waals surface area contributed by atoms with Crippen LogP contribution in [-0.4, -0.2) is 35.9 Å². The Hall–Kier alpha value is -1.55. The average molecular weight is 251 g/mol. The zero-order valence-electron chi connectivity index (χ0n) is 10.6. The number of aliphatic hydroxyl groups excluding tert-OH is 1. The second-order valence-electron chi connectivity index (χ2n) is 4.29. The summed E-state index contributed by atoms with van der Waals surface area (Å²) in [5.41, 5.74) is 0.946. The Morgan fingerprint density at radius 3 is 2.33 bits per heavy atom. The number of carboxylic acids is 1. The topological polar surface area (TPSA) is 60.8 Å². The summed E-state index contributed by atoms with van der Waals surface area (Å²) < 4.78 is 0. The Labute approximate surface area is 108 Å². The highest BCUT2D eigenvalue weighted by Crippen LogP contribution is 2.14. The Morgan fingerprint density at radius 2 is 1.72 bits per heavy atom. The van der Waals surface area contributed by atoms with Crippen LogP contribution in [0.5, 0.6) is 0 Å². The maximum absolute atomic E-state index is 10.8. The van der Waals surface area contributed by atoms with Crippen molar-refractivity contribution in [3.63, 3.8) is 0 Å². The smallest absolute Gasteiger partial charge is 0.323 e. The molecule has 0 aliphatic heterocycles. The number of carboxylic acid groups (broad SMARTS) is 1. The molecule has 0 unspecified atom stereocenters. The summed E-state index contributed by atoms with van der Waals surface area (Å²) in [7, 11) is 0. The molecule has 1 aromatic rings. The van der Waals surface area contributed by atoms with E-state index in [-0.39, 0.29) is 13.2 Å². The molecule has 0 saturated carbocycles.